The number of nitrogens with one attached hydrogen (secondary N) is 1. The summed E-state index contributed by atoms with van der Waals surface area (Å²) in [4.78, 5) is 8.69. The lowest BCUT2D eigenvalue weighted by Gasteiger charge is -2.29. The first-order chi connectivity index (χ1) is 10.1. The lowest BCUT2D eigenvalue weighted by Crippen LogP contribution is -2.36. The summed E-state index contributed by atoms with van der Waals surface area (Å²) in [5, 5.41) is 13.0. The van der Waals surface area contributed by atoms with E-state index in [1.807, 2.05) is 51.1 Å². The van der Waals surface area contributed by atoms with Crippen LogP contribution in [0.2, 0.25) is 0 Å². The lowest BCUT2D eigenvalue weighted by molar-refractivity contribution is 0.223. The normalized spacial score (nSPS) is 13.5. The third kappa shape index (κ3) is 3.70. The SMILES string of the molecule is CCOc1cc(C)nc(NC(C)(CO)c2ccccc2)n1. The van der Waals surface area contributed by atoms with Gasteiger partial charge in [-0.25, -0.2) is 4.98 Å². The fourth-order valence-electron chi connectivity index (χ4n) is 2.07. The van der Waals surface area contributed by atoms with Crippen molar-refractivity contribution < 1.29 is 9.84 Å². The second-order valence-electron chi connectivity index (χ2n) is 5.09. The van der Waals surface area contributed by atoms with Gasteiger partial charge in [-0.1, -0.05) is 30.3 Å². The molecule has 0 bridgehead atoms. The molecule has 0 spiro atoms. The van der Waals surface area contributed by atoms with Crippen LogP contribution >= 0.6 is 0 Å². The molecule has 1 atom stereocenters. The largest absolute Gasteiger partial charge is 0.478 e. The summed E-state index contributed by atoms with van der Waals surface area (Å²) in [6.07, 6.45) is 0. The highest BCUT2D eigenvalue weighted by Gasteiger charge is 2.26. The van der Waals surface area contributed by atoms with Crippen LogP contribution in [0.25, 0.3) is 0 Å². The molecule has 1 unspecified atom stereocenters. The highest BCUT2D eigenvalue weighted by atomic mass is 16.5. The number of ether oxygens (including phenoxy) is 1. The predicted octanol–water partition coefficient (Wildman–Crippen LogP) is 2.50. The number of nitrogens with zero attached hydrogens (tertiary/aromatic N) is 2. The van der Waals surface area contributed by atoms with E-state index >= 15 is 0 Å². The Kier molecular flexibility index (Phi) is 4.75. The van der Waals surface area contributed by atoms with Crippen molar-refractivity contribution in [2.45, 2.75) is 26.3 Å². The number of rotatable bonds is 6. The molecule has 2 aromatic rings. The van der Waals surface area contributed by atoms with Crippen LogP contribution < -0.4 is 10.1 Å². The van der Waals surface area contributed by atoms with Gasteiger partial charge in [-0.05, 0) is 26.3 Å². The molecule has 2 N–H and O–H groups in total. The van der Waals surface area contributed by atoms with Gasteiger partial charge in [0.2, 0.25) is 11.8 Å². The molecule has 0 aliphatic heterocycles. The van der Waals surface area contributed by atoms with Crippen LogP contribution in [0.15, 0.2) is 36.4 Å². The summed E-state index contributed by atoms with van der Waals surface area (Å²) in [6.45, 7) is 6.18. The van der Waals surface area contributed by atoms with E-state index in [9.17, 15) is 5.11 Å². The summed E-state index contributed by atoms with van der Waals surface area (Å²) in [5.41, 5.74) is 1.12. The first-order valence-electron chi connectivity index (χ1n) is 7.00. The van der Waals surface area contributed by atoms with E-state index in [2.05, 4.69) is 15.3 Å². The Balaban J connectivity index is 2.30. The van der Waals surface area contributed by atoms with Gasteiger partial charge in [-0.3, -0.25) is 0 Å². The van der Waals surface area contributed by atoms with E-state index < -0.39 is 5.54 Å². The Bertz CT molecular complexity index is 589. The zero-order chi connectivity index (χ0) is 15.3. The zero-order valence-corrected chi connectivity index (χ0v) is 12.6. The fourth-order valence-corrected chi connectivity index (χ4v) is 2.07. The molecule has 1 aromatic carbocycles. The lowest BCUT2D eigenvalue weighted by atomic mass is 9.93. The number of hydrogen-bond acceptors (Lipinski definition) is 5. The molecule has 0 radical (unpaired) electrons. The Morgan fingerprint density at radius 1 is 1.24 bits per heavy atom. The molecule has 0 aliphatic carbocycles. The smallest absolute Gasteiger partial charge is 0.226 e. The minimum absolute atomic E-state index is 0.0711. The maximum absolute atomic E-state index is 9.79. The highest BCUT2D eigenvalue weighted by Crippen LogP contribution is 2.25. The second kappa shape index (κ2) is 6.54. The third-order valence-corrected chi connectivity index (χ3v) is 3.24. The summed E-state index contributed by atoms with van der Waals surface area (Å²) >= 11 is 0. The van der Waals surface area contributed by atoms with Crippen molar-refractivity contribution in [3.63, 3.8) is 0 Å². The first-order valence-corrected chi connectivity index (χ1v) is 7.00. The van der Waals surface area contributed by atoms with Crippen LogP contribution in [-0.2, 0) is 5.54 Å². The van der Waals surface area contributed by atoms with Crippen molar-refractivity contribution in [1.82, 2.24) is 9.97 Å². The maximum atomic E-state index is 9.79. The van der Waals surface area contributed by atoms with Crippen molar-refractivity contribution in [3.05, 3.63) is 47.7 Å². The average Bonchev–Trinajstić information content (AvgIpc) is 2.48. The van der Waals surface area contributed by atoms with Gasteiger partial charge in [0, 0.05) is 11.8 Å². The van der Waals surface area contributed by atoms with Gasteiger partial charge in [-0.2, -0.15) is 4.98 Å². The standard InChI is InChI=1S/C16H21N3O2/c1-4-21-14-10-12(2)17-15(18-14)19-16(3,11-20)13-8-6-5-7-9-13/h5-10,20H,4,11H2,1-3H3,(H,17,18,19). The maximum Gasteiger partial charge on any atom is 0.226 e. The molecule has 0 fully saturated rings. The van der Waals surface area contributed by atoms with Crippen molar-refractivity contribution in [3.8, 4) is 5.88 Å². The number of benzene rings is 1. The van der Waals surface area contributed by atoms with Crippen LogP contribution in [0.3, 0.4) is 0 Å². The molecule has 0 amide bonds. The van der Waals surface area contributed by atoms with Gasteiger partial charge in [0.05, 0.1) is 18.8 Å². The molecule has 5 nitrogen and oxygen atoms in total. The first kappa shape index (κ1) is 15.3. The number of anilines is 1. The molecule has 0 aliphatic rings. The number of aryl methyl sites for hydroxylation is 1. The fraction of sp³-hybridized carbons (Fsp3) is 0.375. The van der Waals surface area contributed by atoms with Crippen LogP contribution in [0.1, 0.15) is 25.1 Å². The van der Waals surface area contributed by atoms with E-state index in [-0.39, 0.29) is 6.61 Å². The minimum Gasteiger partial charge on any atom is -0.478 e. The van der Waals surface area contributed by atoms with Crippen molar-refractivity contribution in [1.29, 1.82) is 0 Å². The highest BCUT2D eigenvalue weighted by molar-refractivity contribution is 5.39. The van der Waals surface area contributed by atoms with Crippen LogP contribution in [0.4, 0.5) is 5.95 Å². The van der Waals surface area contributed by atoms with Crippen molar-refractivity contribution in [2.24, 2.45) is 0 Å². The van der Waals surface area contributed by atoms with Gasteiger partial charge in [0.15, 0.2) is 0 Å². The Morgan fingerprint density at radius 2 is 1.95 bits per heavy atom. The zero-order valence-electron chi connectivity index (χ0n) is 12.6. The molecule has 1 heterocycles. The summed E-state index contributed by atoms with van der Waals surface area (Å²) < 4.78 is 5.43. The molecular formula is C16H21N3O2. The number of aliphatic hydroxyl groups is 1. The monoisotopic (exact) mass is 287 g/mol. The summed E-state index contributed by atoms with van der Waals surface area (Å²) in [7, 11) is 0. The second-order valence-corrected chi connectivity index (χ2v) is 5.09. The molecule has 2 rings (SSSR count). The number of aliphatic hydroxyl groups excluding tert-OH is 1. The molecule has 0 saturated carbocycles. The van der Waals surface area contributed by atoms with E-state index in [0.29, 0.717) is 18.4 Å². The molecule has 21 heavy (non-hydrogen) atoms. The van der Waals surface area contributed by atoms with E-state index in [1.54, 1.807) is 6.07 Å². The molecule has 0 saturated heterocycles. The summed E-state index contributed by atoms with van der Waals surface area (Å²) in [5.74, 6) is 0.972. The third-order valence-electron chi connectivity index (χ3n) is 3.24. The van der Waals surface area contributed by atoms with Gasteiger partial charge in [-0.15, -0.1) is 0 Å². The molecular weight excluding hydrogens is 266 g/mol. The number of hydrogen-bond donors (Lipinski definition) is 2. The van der Waals surface area contributed by atoms with E-state index in [0.717, 1.165) is 11.3 Å². The van der Waals surface area contributed by atoms with Crippen molar-refractivity contribution in [2.75, 3.05) is 18.5 Å². The van der Waals surface area contributed by atoms with Gasteiger partial charge in [0.1, 0.15) is 0 Å². The van der Waals surface area contributed by atoms with Gasteiger partial charge in [0.25, 0.3) is 0 Å². The number of aromatic nitrogens is 2. The Labute approximate surface area is 125 Å². The quantitative estimate of drug-likeness (QED) is 0.854. The van der Waals surface area contributed by atoms with Crippen LogP contribution in [0, 0.1) is 6.92 Å². The van der Waals surface area contributed by atoms with E-state index in [4.69, 9.17) is 4.74 Å². The van der Waals surface area contributed by atoms with Gasteiger partial charge >= 0.3 is 0 Å². The van der Waals surface area contributed by atoms with Gasteiger partial charge < -0.3 is 15.2 Å². The minimum atomic E-state index is -0.654. The molecule has 5 heteroatoms. The van der Waals surface area contributed by atoms with E-state index in [1.165, 1.54) is 0 Å². The predicted molar refractivity (Wildman–Crippen MR) is 82.4 cm³/mol. The molecule has 112 valence electrons. The van der Waals surface area contributed by atoms with Crippen molar-refractivity contribution >= 4 is 5.95 Å². The topological polar surface area (TPSA) is 67.3 Å². The average molecular weight is 287 g/mol. The summed E-state index contributed by atoms with van der Waals surface area (Å²) in [6, 6.07) is 11.5. The van der Waals surface area contributed by atoms with Crippen LogP contribution in [0.5, 0.6) is 5.88 Å². The van der Waals surface area contributed by atoms with Crippen LogP contribution in [-0.4, -0.2) is 28.3 Å². The Morgan fingerprint density at radius 3 is 2.57 bits per heavy atom. The Hall–Kier alpha value is -2.14. The molecule has 1 aromatic heterocycles.